The predicted octanol–water partition coefficient (Wildman–Crippen LogP) is 0.835. The van der Waals surface area contributed by atoms with Gasteiger partial charge in [-0.1, -0.05) is 6.92 Å². The van der Waals surface area contributed by atoms with Crippen LogP contribution >= 0.6 is 0 Å². The van der Waals surface area contributed by atoms with Gasteiger partial charge in [0.2, 0.25) is 0 Å². The molecule has 0 radical (unpaired) electrons. The smallest absolute Gasteiger partial charge is 0.0621 e. The molecule has 82 valence electrons. The highest BCUT2D eigenvalue weighted by Gasteiger charge is 2.28. The summed E-state index contributed by atoms with van der Waals surface area (Å²) in [6.07, 6.45) is 3.68. The minimum Gasteiger partial charge on any atom is -0.380 e. The molecule has 2 fully saturated rings. The molecule has 2 rings (SSSR count). The van der Waals surface area contributed by atoms with E-state index in [1.807, 2.05) is 0 Å². The van der Waals surface area contributed by atoms with Crippen LogP contribution in [0.25, 0.3) is 0 Å². The van der Waals surface area contributed by atoms with E-state index in [1.165, 1.54) is 19.4 Å². The molecule has 0 aromatic rings. The molecule has 2 aliphatic heterocycles. The fourth-order valence-electron chi connectivity index (χ4n) is 2.54. The summed E-state index contributed by atoms with van der Waals surface area (Å²) in [5.74, 6) is 0.644. The molecular weight excluding hydrogens is 176 g/mol. The highest BCUT2D eigenvalue weighted by atomic mass is 16.5. The van der Waals surface area contributed by atoms with Gasteiger partial charge in [-0.15, -0.1) is 0 Å². The van der Waals surface area contributed by atoms with Crippen LogP contribution in [0.1, 0.15) is 26.2 Å². The van der Waals surface area contributed by atoms with E-state index in [0.717, 1.165) is 26.2 Å². The molecule has 3 heteroatoms. The topological polar surface area (TPSA) is 38.5 Å². The van der Waals surface area contributed by atoms with Crippen molar-refractivity contribution in [2.24, 2.45) is 11.7 Å². The molecular formula is C11H22N2O. The Morgan fingerprint density at radius 1 is 1.36 bits per heavy atom. The van der Waals surface area contributed by atoms with E-state index in [9.17, 15) is 0 Å². The summed E-state index contributed by atoms with van der Waals surface area (Å²) < 4.78 is 5.52. The zero-order valence-corrected chi connectivity index (χ0v) is 9.11. The second kappa shape index (κ2) is 4.60. The van der Waals surface area contributed by atoms with E-state index in [1.54, 1.807) is 0 Å². The number of piperidine rings is 1. The van der Waals surface area contributed by atoms with Gasteiger partial charge < -0.3 is 10.5 Å². The van der Waals surface area contributed by atoms with Crippen molar-refractivity contribution >= 4 is 0 Å². The van der Waals surface area contributed by atoms with Gasteiger partial charge in [0.1, 0.15) is 0 Å². The molecule has 0 spiro atoms. The van der Waals surface area contributed by atoms with Gasteiger partial charge in [0.15, 0.2) is 0 Å². The van der Waals surface area contributed by atoms with Crippen molar-refractivity contribution in [2.75, 3.05) is 26.3 Å². The van der Waals surface area contributed by atoms with Crippen molar-refractivity contribution in [1.29, 1.82) is 0 Å². The van der Waals surface area contributed by atoms with Crippen LogP contribution in [0, 0.1) is 5.92 Å². The Morgan fingerprint density at radius 3 is 2.86 bits per heavy atom. The molecule has 0 bridgehead atoms. The van der Waals surface area contributed by atoms with Gasteiger partial charge in [0.25, 0.3) is 0 Å². The van der Waals surface area contributed by atoms with E-state index in [0.29, 0.717) is 18.0 Å². The third kappa shape index (κ3) is 2.27. The van der Waals surface area contributed by atoms with Crippen LogP contribution < -0.4 is 5.73 Å². The number of nitrogens with two attached hydrogens (primary N) is 1. The van der Waals surface area contributed by atoms with Crippen molar-refractivity contribution in [2.45, 2.75) is 38.3 Å². The standard InChI is InChI=1S/C11H22N2O/c1-9-7-13(5-4-11(9)12)10-3-2-6-14-8-10/h9-11H,2-8,12H2,1H3. The third-order valence-electron chi connectivity index (χ3n) is 3.66. The summed E-state index contributed by atoms with van der Waals surface area (Å²) in [5.41, 5.74) is 6.01. The normalized spacial score (nSPS) is 41.1. The Labute approximate surface area is 86.6 Å². The van der Waals surface area contributed by atoms with Crippen molar-refractivity contribution in [3.63, 3.8) is 0 Å². The zero-order valence-electron chi connectivity index (χ0n) is 9.11. The molecule has 2 N–H and O–H groups in total. The predicted molar refractivity (Wildman–Crippen MR) is 57.2 cm³/mol. The lowest BCUT2D eigenvalue weighted by atomic mass is 9.93. The first-order chi connectivity index (χ1) is 6.77. The van der Waals surface area contributed by atoms with Crippen LogP contribution in [0.5, 0.6) is 0 Å². The molecule has 3 nitrogen and oxygen atoms in total. The van der Waals surface area contributed by atoms with E-state index in [2.05, 4.69) is 11.8 Å². The van der Waals surface area contributed by atoms with Crippen LogP contribution in [0.3, 0.4) is 0 Å². The van der Waals surface area contributed by atoms with E-state index < -0.39 is 0 Å². The number of hydrogen-bond acceptors (Lipinski definition) is 3. The van der Waals surface area contributed by atoms with Crippen molar-refractivity contribution in [1.82, 2.24) is 4.90 Å². The fraction of sp³-hybridized carbons (Fsp3) is 1.00. The van der Waals surface area contributed by atoms with Gasteiger partial charge >= 0.3 is 0 Å². The van der Waals surface area contributed by atoms with Gasteiger partial charge in [-0.25, -0.2) is 0 Å². The largest absolute Gasteiger partial charge is 0.380 e. The Balaban J connectivity index is 1.85. The number of likely N-dealkylation sites (tertiary alicyclic amines) is 1. The SMILES string of the molecule is CC1CN(C2CCCOC2)CCC1N. The molecule has 2 aliphatic rings. The number of hydrogen-bond donors (Lipinski definition) is 1. The minimum atomic E-state index is 0.413. The molecule has 0 aromatic heterocycles. The highest BCUT2D eigenvalue weighted by Crippen LogP contribution is 2.21. The highest BCUT2D eigenvalue weighted by molar-refractivity contribution is 4.84. The second-order valence-electron chi connectivity index (χ2n) is 4.80. The van der Waals surface area contributed by atoms with Crippen molar-refractivity contribution in [3.05, 3.63) is 0 Å². The number of ether oxygens (including phenoxy) is 1. The average molecular weight is 198 g/mol. The monoisotopic (exact) mass is 198 g/mol. The maximum absolute atomic E-state index is 6.01. The Hall–Kier alpha value is -0.120. The Morgan fingerprint density at radius 2 is 2.21 bits per heavy atom. The summed E-state index contributed by atoms with van der Waals surface area (Å²) in [6.45, 7) is 6.48. The first kappa shape index (κ1) is 10.4. The van der Waals surface area contributed by atoms with Gasteiger partial charge in [0.05, 0.1) is 6.61 Å². The lowest BCUT2D eigenvalue weighted by Gasteiger charge is -2.41. The second-order valence-corrected chi connectivity index (χ2v) is 4.80. The van der Waals surface area contributed by atoms with Gasteiger partial charge in [0, 0.05) is 31.8 Å². The summed E-state index contributed by atoms with van der Waals surface area (Å²) in [4.78, 5) is 2.58. The van der Waals surface area contributed by atoms with Crippen LogP contribution in [-0.2, 0) is 4.74 Å². The van der Waals surface area contributed by atoms with Crippen LogP contribution in [0.4, 0.5) is 0 Å². The molecule has 3 atom stereocenters. The van der Waals surface area contributed by atoms with Crippen molar-refractivity contribution < 1.29 is 4.74 Å². The maximum atomic E-state index is 6.01. The first-order valence-electron chi connectivity index (χ1n) is 5.85. The fourth-order valence-corrected chi connectivity index (χ4v) is 2.54. The molecule has 14 heavy (non-hydrogen) atoms. The molecule has 2 saturated heterocycles. The van der Waals surface area contributed by atoms with E-state index in [4.69, 9.17) is 10.5 Å². The van der Waals surface area contributed by atoms with Crippen LogP contribution in [0.2, 0.25) is 0 Å². The molecule has 0 amide bonds. The Kier molecular flexibility index (Phi) is 3.42. The summed E-state index contributed by atoms with van der Waals surface area (Å²) in [6, 6.07) is 1.08. The van der Waals surface area contributed by atoms with Gasteiger partial charge in [-0.05, 0) is 25.2 Å². The minimum absolute atomic E-state index is 0.413. The molecule has 0 aromatic carbocycles. The van der Waals surface area contributed by atoms with Crippen molar-refractivity contribution in [3.8, 4) is 0 Å². The third-order valence-corrected chi connectivity index (χ3v) is 3.66. The summed E-state index contributed by atoms with van der Waals surface area (Å²) in [7, 11) is 0. The average Bonchev–Trinajstić information content (AvgIpc) is 2.23. The van der Waals surface area contributed by atoms with Gasteiger partial charge in [-0.3, -0.25) is 4.90 Å². The summed E-state index contributed by atoms with van der Waals surface area (Å²) >= 11 is 0. The van der Waals surface area contributed by atoms with Crippen LogP contribution in [-0.4, -0.2) is 43.3 Å². The van der Waals surface area contributed by atoms with E-state index in [-0.39, 0.29) is 0 Å². The molecule has 0 saturated carbocycles. The number of rotatable bonds is 1. The molecule has 2 heterocycles. The zero-order chi connectivity index (χ0) is 9.97. The lowest BCUT2D eigenvalue weighted by Crippen LogP contribution is -2.51. The number of nitrogens with zero attached hydrogens (tertiary/aromatic N) is 1. The maximum Gasteiger partial charge on any atom is 0.0621 e. The molecule has 0 aliphatic carbocycles. The van der Waals surface area contributed by atoms with Gasteiger partial charge in [-0.2, -0.15) is 0 Å². The first-order valence-corrected chi connectivity index (χ1v) is 5.85. The Bertz CT molecular complexity index is 180. The quantitative estimate of drug-likeness (QED) is 0.678. The van der Waals surface area contributed by atoms with Crippen LogP contribution in [0.15, 0.2) is 0 Å². The lowest BCUT2D eigenvalue weighted by molar-refractivity contribution is 0.000276. The summed E-state index contributed by atoms with van der Waals surface area (Å²) in [5, 5.41) is 0. The molecule has 3 unspecified atom stereocenters. The van der Waals surface area contributed by atoms with E-state index >= 15 is 0 Å².